The summed E-state index contributed by atoms with van der Waals surface area (Å²) < 4.78 is 5.68. The predicted molar refractivity (Wildman–Crippen MR) is 91.3 cm³/mol. The summed E-state index contributed by atoms with van der Waals surface area (Å²) in [5, 5.41) is 4.07. The largest absolute Gasteiger partial charge is 0.481 e. The molecule has 1 amide bonds. The molecule has 0 heterocycles. The van der Waals surface area contributed by atoms with E-state index < -0.39 is 6.10 Å². The molecule has 0 unspecified atom stereocenters. The summed E-state index contributed by atoms with van der Waals surface area (Å²) in [5.74, 6) is 0.254. The second kappa shape index (κ2) is 7.73. The highest BCUT2D eigenvalue weighted by Crippen LogP contribution is 2.30. The zero-order valence-corrected chi connectivity index (χ0v) is 14.0. The molecular weight excluding hydrogens is 345 g/mol. The molecule has 3 nitrogen and oxygen atoms in total. The summed E-state index contributed by atoms with van der Waals surface area (Å²) in [5.41, 5.74) is 0.383. The molecule has 22 heavy (non-hydrogen) atoms. The molecule has 2 aromatic rings. The first kappa shape index (κ1) is 16.9. The molecule has 0 radical (unpaired) electrons. The van der Waals surface area contributed by atoms with E-state index in [2.05, 4.69) is 5.32 Å². The Kier molecular flexibility index (Phi) is 5.95. The Morgan fingerprint density at radius 1 is 1.09 bits per heavy atom. The van der Waals surface area contributed by atoms with Crippen molar-refractivity contribution in [3.8, 4) is 5.75 Å². The zero-order valence-electron chi connectivity index (χ0n) is 11.8. The molecule has 0 saturated carbocycles. The maximum Gasteiger partial charge on any atom is 0.265 e. The highest BCUT2D eigenvalue weighted by atomic mass is 35.5. The monoisotopic (exact) mass is 357 g/mol. The predicted octanol–water partition coefficient (Wildman–Crippen LogP) is 5.44. The van der Waals surface area contributed by atoms with Crippen LogP contribution < -0.4 is 10.1 Å². The van der Waals surface area contributed by atoms with Gasteiger partial charge in [0.2, 0.25) is 0 Å². The van der Waals surface area contributed by atoms with Crippen molar-refractivity contribution >= 4 is 46.4 Å². The molecule has 0 aliphatic rings. The maximum absolute atomic E-state index is 12.3. The fourth-order valence-corrected chi connectivity index (χ4v) is 2.44. The molecule has 0 bridgehead atoms. The summed E-state index contributed by atoms with van der Waals surface area (Å²) >= 11 is 17.9. The zero-order chi connectivity index (χ0) is 16.1. The summed E-state index contributed by atoms with van der Waals surface area (Å²) in [7, 11) is 0. The molecule has 0 fully saturated rings. The van der Waals surface area contributed by atoms with Gasteiger partial charge in [0.1, 0.15) is 5.75 Å². The second-order valence-corrected chi connectivity index (χ2v) is 5.81. The summed E-state index contributed by atoms with van der Waals surface area (Å²) in [6, 6.07) is 11.8. The average Bonchev–Trinajstić information content (AvgIpc) is 2.50. The molecule has 0 spiro atoms. The van der Waals surface area contributed by atoms with Gasteiger partial charge in [-0.25, -0.2) is 0 Å². The van der Waals surface area contributed by atoms with Crippen LogP contribution >= 0.6 is 34.8 Å². The molecule has 6 heteroatoms. The molecule has 2 rings (SSSR count). The number of amides is 1. The Hall–Kier alpha value is -1.42. The lowest BCUT2D eigenvalue weighted by Gasteiger charge is -2.18. The van der Waals surface area contributed by atoms with Crippen LogP contribution in [0.15, 0.2) is 42.5 Å². The van der Waals surface area contributed by atoms with Crippen LogP contribution in [0.3, 0.4) is 0 Å². The van der Waals surface area contributed by atoms with E-state index in [1.165, 1.54) is 0 Å². The molecular formula is C16H14Cl3NO2. The quantitative estimate of drug-likeness (QED) is 0.772. The van der Waals surface area contributed by atoms with E-state index >= 15 is 0 Å². The minimum atomic E-state index is -0.659. The normalized spacial score (nSPS) is 11.8. The molecule has 0 aliphatic carbocycles. The first-order valence-corrected chi connectivity index (χ1v) is 7.81. The minimum Gasteiger partial charge on any atom is -0.481 e. The Balaban J connectivity index is 2.10. The summed E-state index contributed by atoms with van der Waals surface area (Å²) in [4.78, 5) is 12.3. The van der Waals surface area contributed by atoms with E-state index in [0.29, 0.717) is 32.9 Å². The number of rotatable bonds is 5. The van der Waals surface area contributed by atoms with E-state index in [9.17, 15) is 4.79 Å². The maximum atomic E-state index is 12.3. The van der Waals surface area contributed by atoms with Gasteiger partial charge in [-0.3, -0.25) is 4.79 Å². The van der Waals surface area contributed by atoms with E-state index in [1.54, 1.807) is 42.5 Å². The van der Waals surface area contributed by atoms with Crippen LogP contribution in [0.2, 0.25) is 15.1 Å². The number of hydrogen-bond donors (Lipinski definition) is 1. The average molecular weight is 359 g/mol. The molecule has 116 valence electrons. The van der Waals surface area contributed by atoms with Crippen LogP contribution in [-0.4, -0.2) is 12.0 Å². The van der Waals surface area contributed by atoms with Crippen molar-refractivity contribution in [3.63, 3.8) is 0 Å². The van der Waals surface area contributed by atoms with Gasteiger partial charge < -0.3 is 10.1 Å². The molecule has 1 atom stereocenters. The summed E-state index contributed by atoms with van der Waals surface area (Å²) in [6.45, 7) is 1.86. The van der Waals surface area contributed by atoms with Crippen molar-refractivity contribution in [1.29, 1.82) is 0 Å². The second-order valence-electron chi connectivity index (χ2n) is 4.55. The van der Waals surface area contributed by atoms with Crippen LogP contribution in [-0.2, 0) is 4.79 Å². The number of carbonyl (C=O) groups is 1. The van der Waals surface area contributed by atoms with Gasteiger partial charge in [-0.2, -0.15) is 0 Å². The number of anilines is 1. The van der Waals surface area contributed by atoms with E-state index in [4.69, 9.17) is 39.5 Å². The lowest BCUT2D eigenvalue weighted by molar-refractivity contribution is -0.122. The topological polar surface area (TPSA) is 38.3 Å². The van der Waals surface area contributed by atoms with Crippen LogP contribution in [0.4, 0.5) is 5.69 Å². The first-order chi connectivity index (χ1) is 10.5. The van der Waals surface area contributed by atoms with Gasteiger partial charge in [-0.05, 0) is 42.8 Å². The Morgan fingerprint density at radius 3 is 2.23 bits per heavy atom. The first-order valence-electron chi connectivity index (χ1n) is 6.68. The van der Waals surface area contributed by atoms with Gasteiger partial charge in [0.05, 0.1) is 15.7 Å². The van der Waals surface area contributed by atoms with E-state index in [0.717, 1.165) is 0 Å². The number of nitrogens with one attached hydrogen (secondary N) is 1. The fourth-order valence-electron chi connectivity index (χ4n) is 1.82. The van der Waals surface area contributed by atoms with E-state index in [-0.39, 0.29) is 5.91 Å². The lowest BCUT2D eigenvalue weighted by Crippen LogP contribution is -2.32. The molecule has 1 N–H and O–H groups in total. The molecule has 0 saturated heterocycles. The fraction of sp³-hybridized carbons (Fsp3) is 0.188. The Bertz CT molecular complexity index is 639. The highest BCUT2D eigenvalue weighted by Gasteiger charge is 2.20. The van der Waals surface area contributed by atoms with Crippen LogP contribution in [0.5, 0.6) is 5.75 Å². The van der Waals surface area contributed by atoms with Gasteiger partial charge >= 0.3 is 0 Å². The number of carbonyl (C=O) groups excluding carboxylic acids is 1. The van der Waals surface area contributed by atoms with Gasteiger partial charge in [0.25, 0.3) is 5.91 Å². The number of para-hydroxylation sites is 1. The van der Waals surface area contributed by atoms with Gasteiger partial charge in [-0.15, -0.1) is 0 Å². The van der Waals surface area contributed by atoms with Gasteiger partial charge in [-0.1, -0.05) is 47.8 Å². The van der Waals surface area contributed by atoms with Crippen molar-refractivity contribution in [2.45, 2.75) is 19.4 Å². The Labute approximate surface area is 144 Å². The standard InChI is InChI=1S/C16H14Cl3NO2/c1-2-14(22-11-8-6-10(17)7-9-11)16(21)20-15-12(18)4-3-5-13(15)19/h3-9,14H,2H2,1H3,(H,20,21)/t14-/m0/s1. The van der Waals surface area contributed by atoms with Crippen LogP contribution in [0.1, 0.15) is 13.3 Å². The number of benzene rings is 2. The smallest absolute Gasteiger partial charge is 0.265 e. The van der Waals surface area contributed by atoms with E-state index in [1.807, 2.05) is 6.92 Å². The van der Waals surface area contributed by atoms with Crippen molar-refractivity contribution < 1.29 is 9.53 Å². The van der Waals surface area contributed by atoms with Gasteiger partial charge in [0.15, 0.2) is 6.10 Å². The van der Waals surface area contributed by atoms with Crippen molar-refractivity contribution in [2.75, 3.05) is 5.32 Å². The lowest BCUT2D eigenvalue weighted by atomic mass is 10.2. The highest BCUT2D eigenvalue weighted by molar-refractivity contribution is 6.39. The number of halogens is 3. The third-order valence-corrected chi connectivity index (χ3v) is 3.85. The van der Waals surface area contributed by atoms with Gasteiger partial charge in [0, 0.05) is 5.02 Å². The Morgan fingerprint density at radius 2 is 1.68 bits per heavy atom. The summed E-state index contributed by atoms with van der Waals surface area (Å²) in [6.07, 6.45) is -0.162. The van der Waals surface area contributed by atoms with Crippen molar-refractivity contribution in [1.82, 2.24) is 0 Å². The molecule has 0 aromatic heterocycles. The van der Waals surface area contributed by atoms with Crippen molar-refractivity contribution in [3.05, 3.63) is 57.5 Å². The van der Waals surface area contributed by atoms with Crippen molar-refractivity contribution in [2.24, 2.45) is 0 Å². The van der Waals surface area contributed by atoms with Crippen LogP contribution in [0.25, 0.3) is 0 Å². The van der Waals surface area contributed by atoms with Crippen LogP contribution in [0, 0.1) is 0 Å². The minimum absolute atomic E-state index is 0.313. The number of ether oxygens (including phenoxy) is 1. The SMILES string of the molecule is CC[C@H](Oc1ccc(Cl)cc1)C(=O)Nc1c(Cl)cccc1Cl. The molecule has 2 aromatic carbocycles. The third kappa shape index (κ3) is 4.29. The number of hydrogen-bond acceptors (Lipinski definition) is 2. The molecule has 0 aliphatic heterocycles. The third-order valence-electron chi connectivity index (χ3n) is 2.97.